The molecule has 0 atom stereocenters. The SMILES string of the molecule is CS(=O)(=O)N1CCCn2c(ccc2C(=O)NCCc2cccnc2)C1. The van der Waals surface area contributed by atoms with Crippen LogP contribution < -0.4 is 5.32 Å². The van der Waals surface area contributed by atoms with Crippen molar-refractivity contribution in [3.8, 4) is 0 Å². The van der Waals surface area contributed by atoms with Gasteiger partial charge in [0.25, 0.3) is 5.91 Å². The van der Waals surface area contributed by atoms with Crippen molar-refractivity contribution in [3.05, 3.63) is 53.6 Å². The van der Waals surface area contributed by atoms with E-state index in [1.807, 2.05) is 22.8 Å². The largest absolute Gasteiger partial charge is 0.350 e. The highest BCUT2D eigenvalue weighted by Gasteiger charge is 2.24. The summed E-state index contributed by atoms with van der Waals surface area (Å²) in [5, 5.41) is 2.93. The molecule has 8 heteroatoms. The van der Waals surface area contributed by atoms with Crippen molar-refractivity contribution >= 4 is 15.9 Å². The Kier molecular flexibility index (Phi) is 5.19. The maximum absolute atomic E-state index is 12.5. The van der Waals surface area contributed by atoms with Crippen molar-refractivity contribution in [3.63, 3.8) is 0 Å². The second-order valence-electron chi connectivity index (χ2n) is 6.18. The molecule has 0 saturated heterocycles. The fourth-order valence-electron chi connectivity index (χ4n) is 3.02. The van der Waals surface area contributed by atoms with Crippen LogP contribution in [-0.4, -0.2) is 47.5 Å². The molecule has 1 aliphatic heterocycles. The summed E-state index contributed by atoms with van der Waals surface area (Å²) in [4.78, 5) is 16.5. The lowest BCUT2D eigenvalue weighted by Gasteiger charge is -2.16. The van der Waals surface area contributed by atoms with Gasteiger partial charge in [-0.3, -0.25) is 9.78 Å². The second kappa shape index (κ2) is 7.37. The molecule has 1 aliphatic rings. The van der Waals surface area contributed by atoms with Gasteiger partial charge in [-0.15, -0.1) is 0 Å². The summed E-state index contributed by atoms with van der Waals surface area (Å²) < 4.78 is 27.0. The van der Waals surface area contributed by atoms with E-state index in [9.17, 15) is 13.2 Å². The topological polar surface area (TPSA) is 84.3 Å². The van der Waals surface area contributed by atoms with Crippen molar-refractivity contribution in [2.24, 2.45) is 0 Å². The molecule has 134 valence electrons. The first-order valence-electron chi connectivity index (χ1n) is 8.26. The molecule has 0 saturated carbocycles. The molecule has 25 heavy (non-hydrogen) atoms. The molecule has 1 N–H and O–H groups in total. The van der Waals surface area contributed by atoms with E-state index >= 15 is 0 Å². The van der Waals surface area contributed by atoms with Crippen LogP contribution in [0.15, 0.2) is 36.7 Å². The molecule has 0 spiro atoms. The van der Waals surface area contributed by atoms with E-state index in [2.05, 4.69) is 10.3 Å². The normalized spacial score (nSPS) is 15.4. The summed E-state index contributed by atoms with van der Waals surface area (Å²) in [5.74, 6) is -0.136. The van der Waals surface area contributed by atoms with Crippen molar-refractivity contribution in [2.45, 2.75) is 25.9 Å². The van der Waals surface area contributed by atoms with Gasteiger partial charge in [0.15, 0.2) is 0 Å². The van der Waals surface area contributed by atoms with E-state index in [0.717, 1.165) is 17.7 Å². The van der Waals surface area contributed by atoms with Gasteiger partial charge in [-0.05, 0) is 36.6 Å². The Hall–Kier alpha value is -2.19. The van der Waals surface area contributed by atoms with Gasteiger partial charge in [0, 0.05) is 37.7 Å². The third-order valence-electron chi connectivity index (χ3n) is 4.32. The molecule has 0 unspecified atom stereocenters. The van der Waals surface area contributed by atoms with Crippen LogP contribution in [0.5, 0.6) is 0 Å². The maximum atomic E-state index is 12.5. The van der Waals surface area contributed by atoms with E-state index in [4.69, 9.17) is 0 Å². The maximum Gasteiger partial charge on any atom is 0.267 e. The number of carbonyl (C=O) groups excluding carboxylic acids is 1. The summed E-state index contributed by atoms with van der Waals surface area (Å²) in [6, 6.07) is 7.44. The first-order valence-corrected chi connectivity index (χ1v) is 10.1. The van der Waals surface area contributed by atoms with Crippen LogP contribution in [0.2, 0.25) is 0 Å². The van der Waals surface area contributed by atoms with Crippen LogP contribution in [0.4, 0.5) is 0 Å². The Morgan fingerprint density at radius 3 is 2.84 bits per heavy atom. The fraction of sp³-hybridized carbons (Fsp3) is 0.412. The van der Waals surface area contributed by atoms with Gasteiger partial charge in [-0.25, -0.2) is 8.42 Å². The zero-order valence-electron chi connectivity index (χ0n) is 14.2. The lowest BCUT2D eigenvalue weighted by atomic mass is 10.2. The summed E-state index contributed by atoms with van der Waals surface area (Å²) in [6.07, 6.45) is 6.13. The lowest BCUT2D eigenvalue weighted by Crippen LogP contribution is -2.29. The predicted octanol–water partition coefficient (Wildman–Crippen LogP) is 1.02. The van der Waals surface area contributed by atoms with Crippen LogP contribution in [0.25, 0.3) is 0 Å². The van der Waals surface area contributed by atoms with Gasteiger partial charge >= 0.3 is 0 Å². The number of sulfonamides is 1. The standard InChI is InChI=1S/C17H22N4O3S/c1-25(23,24)20-10-3-11-21-15(13-20)5-6-16(21)17(22)19-9-7-14-4-2-8-18-12-14/h2,4-6,8,12H,3,7,9-11,13H2,1H3,(H,19,22). The highest BCUT2D eigenvalue weighted by atomic mass is 32.2. The highest BCUT2D eigenvalue weighted by molar-refractivity contribution is 7.88. The second-order valence-corrected chi connectivity index (χ2v) is 8.16. The molecule has 2 aromatic heterocycles. The zero-order valence-corrected chi connectivity index (χ0v) is 15.0. The predicted molar refractivity (Wildman–Crippen MR) is 94.6 cm³/mol. The van der Waals surface area contributed by atoms with Crippen LogP contribution in [0.1, 0.15) is 28.2 Å². The van der Waals surface area contributed by atoms with Crippen molar-refractivity contribution < 1.29 is 13.2 Å². The number of rotatable bonds is 5. The third-order valence-corrected chi connectivity index (χ3v) is 5.57. The highest BCUT2D eigenvalue weighted by Crippen LogP contribution is 2.18. The van der Waals surface area contributed by atoms with Crippen LogP contribution in [-0.2, 0) is 29.5 Å². The molecule has 0 bridgehead atoms. The Bertz CT molecular complexity index is 846. The summed E-state index contributed by atoms with van der Waals surface area (Å²) >= 11 is 0. The van der Waals surface area contributed by atoms with Crippen LogP contribution in [0, 0.1) is 0 Å². The molecule has 3 rings (SSSR count). The Labute approximate surface area is 147 Å². The number of hydrogen-bond acceptors (Lipinski definition) is 4. The number of hydrogen-bond donors (Lipinski definition) is 1. The molecule has 0 aliphatic carbocycles. The van der Waals surface area contributed by atoms with Gasteiger partial charge in [0.1, 0.15) is 5.69 Å². The van der Waals surface area contributed by atoms with E-state index in [1.165, 1.54) is 10.6 Å². The number of carbonyl (C=O) groups is 1. The molecule has 0 aromatic carbocycles. The molecular formula is C17H22N4O3S. The summed E-state index contributed by atoms with van der Waals surface area (Å²) in [6.45, 7) is 1.95. The summed E-state index contributed by atoms with van der Waals surface area (Å²) in [7, 11) is -3.23. The van der Waals surface area contributed by atoms with E-state index < -0.39 is 10.0 Å². The van der Waals surface area contributed by atoms with Crippen molar-refractivity contribution in [1.82, 2.24) is 19.2 Å². The molecule has 7 nitrogen and oxygen atoms in total. The minimum Gasteiger partial charge on any atom is -0.350 e. The first-order chi connectivity index (χ1) is 11.9. The lowest BCUT2D eigenvalue weighted by molar-refractivity contribution is 0.0944. The average molecular weight is 362 g/mol. The van der Waals surface area contributed by atoms with Gasteiger partial charge in [0.2, 0.25) is 10.0 Å². The van der Waals surface area contributed by atoms with Crippen molar-refractivity contribution in [1.29, 1.82) is 0 Å². The van der Waals surface area contributed by atoms with Gasteiger partial charge < -0.3 is 9.88 Å². The van der Waals surface area contributed by atoms with Crippen LogP contribution >= 0.6 is 0 Å². The number of aromatic nitrogens is 2. The summed E-state index contributed by atoms with van der Waals surface area (Å²) in [5.41, 5.74) is 2.50. The number of nitrogens with zero attached hydrogens (tertiary/aromatic N) is 3. The van der Waals surface area contributed by atoms with Crippen LogP contribution in [0.3, 0.4) is 0 Å². The minimum atomic E-state index is -3.23. The smallest absolute Gasteiger partial charge is 0.267 e. The zero-order chi connectivity index (χ0) is 17.9. The Morgan fingerprint density at radius 1 is 1.28 bits per heavy atom. The molecule has 3 heterocycles. The van der Waals surface area contributed by atoms with E-state index in [-0.39, 0.29) is 5.91 Å². The first kappa shape index (κ1) is 17.6. The van der Waals surface area contributed by atoms with Crippen molar-refractivity contribution in [2.75, 3.05) is 19.3 Å². The van der Waals surface area contributed by atoms with E-state index in [1.54, 1.807) is 18.5 Å². The van der Waals surface area contributed by atoms with Gasteiger partial charge in [-0.2, -0.15) is 4.31 Å². The molecule has 0 fully saturated rings. The monoisotopic (exact) mass is 362 g/mol. The Morgan fingerprint density at radius 2 is 2.12 bits per heavy atom. The average Bonchev–Trinajstić information content (AvgIpc) is 2.84. The molecular weight excluding hydrogens is 340 g/mol. The number of fused-ring (bicyclic) bond motifs is 1. The fourth-order valence-corrected chi connectivity index (χ4v) is 3.84. The number of pyridine rings is 1. The van der Waals surface area contributed by atoms with Gasteiger partial charge in [-0.1, -0.05) is 6.07 Å². The van der Waals surface area contributed by atoms with E-state index in [0.29, 0.717) is 38.3 Å². The quantitative estimate of drug-likeness (QED) is 0.861. The van der Waals surface area contributed by atoms with Gasteiger partial charge in [0.05, 0.1) is 12.8 Å². The minimum absolute atomic E-state index is 0.136. The molecule has 1 amide bonds. The third kappa shape index (κ3) is 4.26. The molecule has 2 aromatic rings. The number of nitrogens with one attached hydrogen (secondary N) is 1. The molecule has 0 radical (unpaired) electrons. The number of amides is 1. The Balaban J connectivity index is 1.66.